The number of pyridine rings is 2. The van der Waals surface area contributed by atoms with E-state index in [2.05, 4.69) is 15.3 Å². The van der Waals surface area contributed by atoms with Gasteiger partial charge in [-0.25, -0.2) is 4.98 Å². The third kappa shape index (κ3) is 6.35. The summed E-state index contributed by atoms with van der Waals surface area (Å²) < 4.78 is 16.7. The minimum Gasteiger partial charge on any atom is -0.497 e. The highest BCUT2D eigenvalue weighted by Gasteiger charge is 2.40. The maximum Gasteiger partial charge on any atom is 0.320 e. The predicted molar refractivity (Wildman–Crippen MR) is 160 cm³/mol. The van der Waals surface area contributed by atoms with E-state index in [1.54, 1.807) is 55.4 Å². The minimum absolute atomic E-state index is 0.127. The van der Waals surface area contributed by atoms with Gasteiger partial charge in [0.05, 0.1) is 43.2 Å². The Kier molecular flexibility index (Phi) is 8.69. The van der Waals surface area contributed by atoms with E-state index in [-0.39, 0.29) is 24.5 Å². The number of allylic oxidation sites excluding steroid dienone is 1. The molecule has 5 rings (SSSR count). The molecular formula is C31H32N6O6. The smallest absolute Gasteiger partial charge is 0.320 e. The van der Waals surface area contributed by atoms with Crippen LogP contribution in [0.15, 0.2) is 90.4 Å². The summed E-state index contributed by atoms with van der Waals surface area (Å²) in [4.78, 5) is 33.9. The number of esters is 1. The van der Waals surface area contributed by atoms with Crippen molar-refractivity contribution >= 4 is 34.3 Å². The summed E-state index contributed by atoms with van der Waals surface area (Å²) >= 11 is 0. The van der Waals surface area contributed by atoms with Crippen LogP contribution in [-0.2, 0) is 14.3 Å². The largest absolute Gasteiger partial charge is 0.497 e. The van der Waals surface area contributed by atoms with Gasteiger partial charge in [0.15, 0.2) is 6.23 Å². The number of benzene rings is 2. The number of hydrogen-bond donors (Lipinski definition) is 3. The molecule has 1 amide bonds. The van der Waals surface area contributed by atoms with Crippen LogP contribution in [0.5, 0.6) is 17.2 Å². The Morgan fingerprint density at radius 3 is 2.53 bits per heavy atom. The predicted octanol–water partition coefficient (Wildman–Crippen LogP) is 3.59. The molecule has 4 N–H and O–H groups in total. The van der Waals surface area contributed by atoms with Gasteiger partial charge in [-0.05, 0) is 56.3 Å². The zero-order chi connectivity index (χ0) is 30.5. The number of carbonyl (C=O) groups is 2. The number of fused-ring (bicyclic) bond motifs is 1. The van der Waals surface area contributed by atoms with E-state index in [1.165, 1.54) is 6.20 Å². The Balaban J connectivity index is 1.33. The second-order valence-corrected chi connectivity index (χ2v) is 9.77. The SMILES string of the molecule is COc1ccc2c(Oc3ccc(NC(=O)C4=C(C)N(C[C@@H](C)OC(=O)CN)N(c5ccccc5)C4O)nc3)ccnc2c1. The summed E-state index contributed by atoms with van der Waals surface area (Å²) in [5, 5.41) is 18.2. The fourth-order valence-corrected chi connectivity index (χ4v) is 4.81. The van der Waals surface area contributed by atoms with E-state index < -0.39 is 24.2 Å². The molecule has 1 aliphatic heterocycles. The summed E-state index contributed by atoms with van der Waals surface area (Å²) in [6.45, 7) is 3.37. The van der Waals surface area contributed by atoms with Crippen LogP contribution < -0.4 is 25.5 Å². The third-order valence-electron chi connectivity index (χ3n) is 6.84. The Bertz CT molecular complexity index is 1650. The molecule has 0 radical (unpaired) electrons. The van der Waals surface area contributed by atoms with Crippen molar-refractivity contribution in [1.82, 2.24) is 15.0 Å². The number of anilines is 2. The van der Waals surface area contributed by atoms with E-state index in [0.717, 1.165) is 10.9 Å². The Labute approximate surface area is 248 Å². The number of rotatable bonds is 10. The number of hydrogen-bond acceptors (Lipinski definition) is 11. The zero-order valence-electron chi connectivity index (χ0n) is 23.9. The number of nitrogens with two attached hydrogens (primary N) is 1. The van der Waals surface area contributed by atoms with Gasteiger partial charge in [-0.2, -0.15) is 0 Å². The fraction of sp³-hybridized carbons (Fsp3) is 0.226. The lowest BCUT2D eigenvalue weighted by molar-refractivity contribution is -0.147. The molecule has 12 nitrogen and oxygen atoms in total. The maximum absolute atomic E-state index is 13.5. The topological polar surface area (TPSA) is 152 Å². The van der Waals surface area contributed by atoms with Crippen molar-refractivity contribution in [2.75, 3.05) is 30.5 Å². The molecule has 222 valence electrons. The van der Waals surface area contributed by atoms with Crippen LogP contribution in [0.3, 0.4) is 0 Å². The normalized spacial score (nSPS) is 15.4. The van der Waals surface area contributed by atoms with Crippen LogP contribution in [0.2, 0.25) is 0 Å². The van der Waals surface area contributed by atoms with Crippen molar-refractivity contribution in [3.05, 3.63) is 90.4 Å². The van der Waals surface area contributed by atoms with Gasteiger partial charge in [0.2, 0.25) is 0 Å². The van der Waals surface area contributed by atoms with Crippen molar-refractivity contribution in [2.45, 2.75) is 26.2 Å². The van der Waals surface area contributed by atoms with Crippen molar-refractivity contribution in [3.8, 4) is 17.2 Å². The lowest BCUT2D eigenvalue weighted by Gasteiger charge is -2.36. The lowest BCUT2D eigenvalue weighted by Crippen LogP contribution is -2.46. The number of aliphatic hydroxyl groups is 1. The standard InChI is InChI=1S/C31H32N6O6/c1-19(42-28(38)16-32)18-36-20(2)29(31(40)37(36)21-7-5-4-6-8-21)30(39)35-27-12-10-23(17-34-27)43-26-13-14-33-25-15-22(41-3)9-11-24(25)26/h4-15,17,19,31,40H,16,18,32H2,1-3H3,(H,34,35,39)/t19-,31?/m1/s1. The second kappa shape index (κ2) is 12.8. The molecule has 0 fully saturated rings. The Morgan fingerprint density at radius 1 is 1.07 bits per heavy atom. The molecule has 43 heavy (non-hydrogen) atoms. The first kappa shape index (κ1) is 29.3. The lowest BCUT2D eigenvalue weighted by atomic mass is 10.1. The van der Waals surface area contributed by atoms with Crippen molar-refractivity contribution in [2.24, 2.45) is 5.73 Å². The number of nitrogens with one attached hydrogen (secondary N) is 1. The van der Waals surface area contributed by atoms with Gasteiger partial charge in [-0.15, -0.1) is 0 Å². The van der Waals surface area contributed by atoms with Crippen LogP contribution in [0.25, 0.3) is 10.9 Å². The number of aliphatic hydroxyl groups excluding tert-OH is 1. The number of hydrazine groups is 1. The van der Waals surface area contributed by atoms with Gasteiger partial charge in [0.25, 0.3) is 5.91 Å². The summed E-state index contributed by atoms with van der Waals surface area (Å²) in [6.07, 6.45) is 1.27. The van der Waals surface area contributed by atoms with Crippen LogP contribution in [0, 0.1) is 0 Å². The van der Waals surface area contributed by atoms with Crippen LogP contribution in [-0.4, -0.2) is 64.5 Å². The van der Waals surface area contributed by atoms with E-state index in [1.807, 2.05) is 48.5 Å². The molecule has 2 aromatic carbocycles. The van der Waals surface area contributed by atoms with E-state index in [4.69, 9.17) is 19.9 Å². The average Bonchev–Trinajstić information content (AvgIpc) is 3.26. The number of aromatic nitrogens is 2. The molecule has 0 saturated carbocycles. The molecule has 2 aromatic heterocycles. The number of methoxy groups -OCH3 is 1. The third-order valence-corrected chi connectivity index (χ3v) is 6.84. The highest BCUT2D eigenvalue weighted by molar-refractivity contribution is 6.05. The monoisotopic (exact) mass is 584 g/mol. The summed E-state index contributed by atoms with van der Waals surface area (Å²) in [7, 11) is 1.59. The number of ether oxygens (including phenoxy) is 3. The van der Waals surface area contributed by atoms with Gasteiger partial charge in [0, 0.05) is 23.3 Å². The number of para-hydroxylation sites is 1. The van der Waals surface area contributed by atoms with Crippen LogP contribution in [0.1, 0.15) is 13.8 Å². The Morgan fingerprint density at radius 2 is 1.84 bits per heavy atom. The fourth-order valence-electron chi connectivity index (χ4n) is 4.81. The van der Waals surface area contributed by atoms with Gasteiger partial charge in [-0.1, -0.05) is 18.2 Å². The first-order chi connectivity index (χ1) is 20.8. The van der Waals surface area contributed by atoms with Crippen molar-refractivity contribution < 1.29 is 28.9 Å². The van der Waals surface area contributed by atoms with Gasteiger partial charge in [-0.3, -0.25) is 24.6 Å². The first-order valence-electron chi connectivity index (χ1n) is 13.6. The number of carbonyl (C=O) groups excluding carboxylic acids is 2. The number of nitrogens with zero attached hydrogens (tertiary/aromatic N) is 4. The molecule has 3 heterocycles. The first-order valence-corrected chi connectivity index (χ1v) is 13.6. The molecule has 12 heteroatoms. The second-order valence-electron chi connectivity index (χ2n) is 9.77. The molecule has 0 spiro atoms. The van der Waals surface area contributed by atoms with Crippen LogP contribution in [0.4, 0.5) is 11.5 Å². The van der Waals surface area contributed by atoms with E-state index in [0.29, 0.717) is 28.6 Å². The maximum atomic E-state index is 13.5. The summed E-state index contributed by atoms with van der Waals surface area (Å²) in [6, 6.07) is 19.7. The molecular weight excluding hydrogens is 552 g/mol. The molecule has 0 aliphatic carbocycles. The minimum atomic E-state index is -1.30. The average molecular weight is 585 g/mol. The molecule has 2 atom stereocenters. The summed E-state index contributed by atoms with van der Waals surface area (Å²) in [5.41, 5.74) is 7.38. The Hall–Kier alpha value is -5.20. The highest BCUT2D eigenvalue weighted by Crippen LogP contribution is 2.34. The zero-order valence-corrected chi connectivity index (χ0v) is 23.9. The molecule has 1 unspecified atom stereocenters. The van der Waals surface area contributed by atoms with E-state index in [9.17, 15) is 14.7 Å². The molecule has 1 aliphatic rings. The van der Waals surface area contributed by atoms with Gasteiger partial charge >= 0.3 is 5.97 Å². The van der Waals surface area contributed by atoms with Crippen molar-refractivity contribution in [3.63, 3.8) is 0 Å². The molecule has 0 saturated heterocycles. The molecule has 4 aromatic rings. The quantitative estimate of drug-likeness (QED) is 0.235. The summed E-state index contributed by atoms with van der Waals surface area (Å²) in [5.74, 6) is 0.929. The highest BCUT2D eigenvalue weighted by atomic mass is 16.5. The van der Waals surface area contributed by atoms with Crippen molar-refractivity contribution in [1.29, 1.82) is 0 Å². The van der Waals surface area contributed by atoms with E-state index >= 15 is 0 Å². The molecule has 0 bridgehead atoms. The number of amides is 1. The van der Waals surface area contributed by atoms with Crippen LogP contribution >= 0.6 is 0 Å². The van der Waals surface area contributed by atoms with Gasteiger partial charge in [0.1, 0.15) is 29.2 Å². The van der Waals surface area contributed by atoms with Gasteiger partial charge < -0.3 is 30.4 Å².